The second-order valence-corrected chi connectivity index (χ2v) is 12.4. The summed E-state index contributed by atoms with van der Waals surface area (Å²) in [6, 6.07) is 8.50. The van der Waals surface area contributed by atoms with E-state index >= 15 is 0 Å². The Morgan fingerprint density at radius 2 is 2.12 bits per heavy atom. The van der Waals surface area contributed by atoms with Gasteiger partial charge in [-0.15, -0.1) is 0 Å². The van der Waals surface area contributed by atoms with Crippen molar-refractivity contribution in [2.24, 2.45) is 22.7 Å². The summed E-state index contributed by atoms with van der Waals surface area (Å²) >= 11 is 0. The molecule has 40 heavy (non-hydrogen) atoms. The maximum absolute atomic E-state index is 13.8. The van der Waals surface area contributed by atoms with Gasteiger partial charge in [0, 0.05) is 55.0 Å². The molecule has 4 heterocycles. The molecule has 2 saturated heterocycles. The average Bonchev–Trinajstić information content (AvgIpc) is 3.34. The Morgan fingerprint density at radius 1 is 1.23 bits per heavy atom. The van der Waals surface area contributed by atoms with Gasteiger partial charge in [-0.2, -0.15) is 0 Å². The molecule has 0 N–H and O–H groups in total. The summed E-state index contributed by atoms with van der Waals surface area (Å²) in [6.45, 7) is 4.77. The van der Waals surface area contributed by atoms with Gasteiger partial charge in [-0.05, 0) is 84.4 Å². The van der Waals surface area contributed by atoms with Gasteiger partial charge >= 0.3 is 0 Å². The Morgan fingerprint density at radius 3 is 2.85 bits per heavy atom. The molecule has 0 spiro atoms. The number of aliphatic imine (C=N–C) groups is 1. The van der Waals surface area contributed by atoms with Gasteiger partial charge < -0.3 is 14.4 Å². The van der Waals surface area contributed by atoms with Gasteiger partial charge in [0.1, 0.15) is 5.75 Å². The van der Waals surface area contributed by atoms with Crippen molar-refractivity contribution in [2.45, 2.75) is 50.5 Å². The lowest BCUT2D eigenvalue weighted by Gasteiger charge is -2.28. The first-order valence-electron chi connectivity index (χ1n) is 14.8. The molecule has 6 nitrogen and oxygen atoms in total. The molecule has 6 aliphatic rings. The molecule has 3 aliphatic carbocycles. The first-order chi connectivity index (χ1) is 19.6. The summed E-state index contributed by atoms with van der Waals surface area (Å²) in [5.41, 5.74) is 8.46. The second-order valence-electron chi connectivity index (χ2n) is 12.4. The molecular formula is C34H35N3O3. The Bertz CT molecular complexity index is 1520. The van der Waals surface area contributed by atoms with Crippen molar-refractivity contribution in [3.8, 4) is 5.75 Å². The molecule has 2 aromatic rings. The number of methoxy groups -OCH3 is 1. The fourth-order valence-electron chi connectivity index (χ4n) is 7.97. The molecule has 6 atom stereocenters. The number of carbonyl (C=O) groups excluding carboxylic acids is 1. The Balaban J connectivity index is 1.21. The van der Waals surface area contributed by atoms with Crippen molar-refractivity contribution in [1.82, 2.24) is 9.88 Å². The molecule has 1 aromatic carbocycles. The second kappa shape index (κ2) is 9.27. The quantitative estimate of drug-likeness (QED) is 0.441. The van der Waals surface area contributed by atoms with Crippen LogP contribution in [0.3, 0.4) is 0 Å². The van der Waals surface area contributed by atoms with Crippen molar-refractivity contribution in [2.75, 3.05) is 26.9 Å². The van der Waals surface area contributed by atoms with Crippen LogP contribution in [0.5, 0.6) is 5.75 Å². The fourth-order valence-corrected chi connectivity index (χ4v) is 7.97. The van der Waals surface area contributed by atoms with E-state index in [1.807, 2.05) is 24.4 Å². The van der Waals surface area contributed by atoms with Crippen LogP contribution in [0, 0.1) is 17.8 Å². The third-order valence-electron chi connectivity index (χ3n) is 10.2. The van der Waals surface area contributed by atoms with Crippen LogP contribution in [-0.4, -0.2) is 54.4 Å². The molecular weight excluding hydrogens is 498 g/mol. The summed E-state index contributed by atoms with van der Waals surface area (Å²) in [7, 11) is 1.72. The number of rotatable bonds is 6. The molecule has 1 amide bonds. The summed E-state index contributed by atoms with van der Waals surface area (Å²) in [4.78, 5) is 26.1. The SMILES string of the molecule is COc1cc(C(=O)N2C[C@H]3CCC2[C@@H]3C)cc2c1C(CC1CCOC1)C(C1=Cc3cccnc3C1C=C1C=C1)=N2. The third-order valence-corrected chi connectivity index (χ3v) is 10.2. The number of nitrogens with zero attached hydrogens (tertiary/aromatic N) is 3. The van der Waals surface area contributed by atoms with Gasteiger partial charge in [0.05, 0.1) is 24.2 Å². The zero-order valence-electron chi connectivity index (χ0n) is 23.2. The van der Waals surface area contributed by atoms with Crippen molar-refractivity contribution in [3.05, 3.63) is 82.2 Å². The minimum atomic E-state index is 0.0605. The van der Waals surface area contributed by atoms with Gasteiger partial charge in [0.25, 0.3) is 5.91 Å². The van der Waals surface area contributed by atoms with Gasteiger partial charge in [0.2, 0.25) is 0 Å². The van der Waals surface area contributed by atoms with Crippen LogP contribution in [0.4, 0.5) is 5.69 Å². The highest BCUT2D eigenvalue weighted by Crippen LogP contribution is 2.52. The largest absolute Gasteiger partial charge is 0.496 e. The zero-order chi connectivity index (χ0) is 27.0. The number of piperidine rings is 1. The predicted molar refractivity (Wildman–Crippen MR) is 155 cm³/mol. The molecule has 4 unspecified atom stereocenters. The highest BCUT2D eigenvalue weighted by atomic mass is 16.5. The van der Waals surface area contributed by atoms with Gasteiger partial charge in [-0.3, -0.25) is 14.8 Å². The van der Waals surface area contributed by atoms with Crippen LogP contribution in [-0.2, 0) is 4.74 Å². The maximum Gasteiger partial charge on any atom is 0.254 e. The molecule has 8 rings (SSSR count). The molecule has 1 saturated carbocycles. The van der Waals surface area contributed by atoms with Gasteiger partial charge in [-0.25, -0.2) is 0 Å². The fraction of sp³-hybridized carbons (Fsp3) is 0.441. The first-order valence-corrected chi connectivity index (χ1v) is 14.8. The standard InChI is InChI=1S/C34H35N3O3/c1-19-23-7-8-29(19)37(17-23)34(38)24-15-28-31(30(16-24)39-2)27(13-21-9-11-40-18-21)33(36-28)26-14-22-4-3-10-35-32(22)25(26)12-20-5-6-20/h3-6,10,12,14-16,19,21,23,25,27,29H,7-9,11,13,17-18H2,1-2H3/t19-,21?,23-,25?,27?,29?/m1/s1. The van der Waals surface area contributed by atoms with Crippen LogP contribution in [0.1, 0.15) is 71.6 Å². The highest BCUT2D eigenvalue weighted by molar-refractivity contribution is 6.15. The van der Waals surface area contributed by atoms with Crippen molar-refractivity contribution >= 4 is 23.4 Å². The summed E-state index contributed by atoms with van der Waals surface area (Å²) in [5, 5.41) is 0. The molecule has 1 aromatic heterocycles. The molecule has 6 heteroatoms. The minimum absolute atomic E-state index is 0.0605. The number of benzene rings is 1. The van der Waals surface area contributed by atoms with E-state index in [0.29, 0.717) is 29.4 Å². The van der Waals surface area contributed by atoms with Crippen LogP contribution < -0.4 is 4.74 Å². The highest BCUT2D eigenvalue weighted by Gasteiger charge is 2.47. The van der Waals surface area contributed by atoms with Crippen LogP contribution in [0.15, 0.2) is 64.8 Å². The number of carbonyl (C=O) groups is 1. The van der Waals surface area contributed by atoms with E-state index in [4.69, 9.17) is 19.5 Å². The Labute approximate surface area is 235 Å². The summed E-state index contributed by atoms with van der Waals surface area (Å²) in [5.74, 6) is 2.71. The van der Waals surface area contributed by atoms with E-state index < -0.39 is 0 Å². The Hall–Kier alpha value is -3.51. The lowest BCUT2D eigenvalue weighted by molar-refractivity contribution is 0.0695. The number of amides is 1. The zero-order valence-corrected chi connectivity index (χ0v) is 23.2. The number of fused-ring (bicyclic) bond motifs is 4. The van der Waals surface area contributed by atoms with E-state index in [1.54, 1.807) is 7.11 Å². The number of likely N-dealkylation sites (tertiary alicyclic amines) is 1. The first kappa shape index (κ1) is 24.3. The number of pyridine rings is 1. The smallest absolute Gasteiger partial charge is 0.254 e. The lowest BCUT2D eigenvalue weighted by Crippen LogP contribution is -2.38. The number of hydrogen-bond donors (Lipinski definition) is 0. The van der Waals surface area contributed by atoms with Crippen molar-refractivity contribution < 1.29 is 14.3 Å². The van der Waals surface area contributed by atoms with Crippen LogP contribution in [0.25, 0.3) is 6.08 Å². The summed E-state index contributed by atoms with van der Waals surface area (Å²) in [6.07, 6.45) is 15.1. The molecule has 0 radical (unpaired) electrons. The third kappa shape index (κ3) is 3.83. The maximum atomic E-state index is 13.8. The molecule has 3 aliphatic heterocycles. The van der Waals surface area contributed by atoms with Crippen molar-refractivity contribution in [1.29, 1.82) is 0 Å². The average molecular weight is 534 g/mol. The number of aromatic nitrogens is 1. The van der Waals surface area contributed by atoms with E-state index in [-0.39, 0.29) is 17.7 Å². The number of allylic oxidation sites excluding steroid dienone is 5. The van der Waals surface area contributed by atoms with Crippen LogP contribution >= 0.6 is 0 Å². The number of ether oxygens (including phenoxy) is 2. The van der Waals surface area contributed by atoms with E-state index in [1.165, 1.54) is 17.6 Å². The summed E-state index contributed by atoms with van der Waals surface area (Å²) < 4.78 is 11.8. The Kier molecular flexibility index (Phi) is 5.63. The van der Waals surface area contributed by atoms with E-state index in [0.717, 1.165) is 73.0 Å². The number of hydrogen-bond acceptors (Lipinski definition) is 5. The molecule has 204 valence electrons. The molecule has 3 fully saturated rings. The van der Waals surface area contributed by atoms with Crippen molar-refractivity contribution in [3.63, 3.8) is 0 Å². The van der Waals surface area contributed by atoms with E-state index in [2.05, 4.69) is 42.2 Å². The van der Waals surface area contributed by atoms with Crippen LogP contribution in [0.2, 0.25) is 0 Å². The monoisotopic (exact) mass is 533 g/mol. The van der Waals surface area contributed by atoms with E-state index in [9.17, 15) is 4.79 Å². The normalized spacial score (nSPS) is 30.9. The van der Waals surface area contributed by atoms with Gasteiger partial charge in [-0.1, -0.05) is 31.2 Å². The lowest BCUT2D eigenvalue weighted by atomic mass is 9.80. The topological polar surface area (TPSA) is 64.0 Å². The predicted octanol–water partition coefficient (Wildman–Crippen LogP) is 6.23. The molecule has 2 bridgehead atoms. The van der Waals surface area contributed by atoms with Gasteiger partial charge in [0.15, 0.2) is 0 Å². The minimum Gasteiger partial charge on any atom is -0.496 e.